The molecule has 4 N–H and O–H groups in total. The van der Waals surface area contributed by atoms with Gasteiger partial charge in [0, 0.05) is 5.92 Å². The van der Waals surface area contributed by atoms with Crippen LogP contribution in [0.4, 0.5) is 5.95 Å². The summed E-state index contributed by atoms with van der Waals surface area (Å²) in [5.41, 5.74) is 7.83. The quantitative estimate of drug-likeness (QED) is 0.587. The molecule has 1 fully saturated rings. The number of rotatable bonds is 5. The number of aliphatic hydroxyl groups is 1. The van der Waals surface area contributed by atoms with E-state index in [4.69, 9.17) is 10.5 Å². The summed E-state index contributed by atoms with van der Waals surface area (Å²) in [6, 6.07) is 9.70. The molecule has 8 nitrogen and oxygen atoms in total. The fourth-order valence-corrected chi connectivity index (χ4v) is 3.68. The number of aromatic nitrogens is 4. The van der Waals surface area contributed by atoms with Crippen LogP contribution in [0.5, 0.6) is 0 Å². The second-order valence-corrected chi connectivity index (χ2v) is 6.73. The van der Waals surface area contributed by atoms with Crippen molar-refractivity contribution in [2.45, 2.75) is 25.2 Å². The van der Waals surface area contributed by atoms with Gasteiger partial charge in [-0.25, -0.2) is 4.98 Å². The van der Waals surface area contributed by atoms with Crippen LogP contribution >= 0.6 is 0 Å². The van der Waals surface area contributed by atoms with Crippen LogP contribution in [0.3, 0.4) is 0 Å². The predicted octanol–water partition coefficient (Wildman–Crippen LogP) is 1.40. The molecule has 2 aromatic heterocycles. The van der Waals surface area contributed by atoms with Crippen LogP contribution in [-0.4, -0.2) is 37.3 Å². The number of hydrogen-bond acceptors (Lipinski definition) is 6. The molecule has 0 aliphatic heterocycles. The van der Waals surface area contributed by atoms with Crippen molar-refractivity contribution in [2.24, 2.45) is 5.92 Å². The van der Waals surface area contributed by atoms with E-state index in [1.807, 2.05) is 30.3 Å². The lowest BCUT2D eigenvalue weighted by molar-refractivity contribution is 0.00506. The highest BCUT2D eigenvalue weighted by atomic mass is 16.5. The van der Waals surface area contributed by atoms with Crippen molar-refractivity contribution in [3.63, 3.8) is 0 Å². The Hall–Kier alpha value is -2.97. The number of aliphatic hydroxyl groups excluding tert-OH is 1. The van der Waals surface area contributed by atoms with Gasteiger partial charge in [-0.05, 0) is 17.6 Å². The Morgan fingerprint density at radius 3 is 2.89 bits per heavy atom. The van der Waals surface area contributed by atoms with Crippen LogP contribution < -0.4 is 11.3 Å². The molecule has 140 valence electrons. The molecule has 0 bridgehead atoms. The molecule has 1 aliphatic rings. The maximum absolute atomic E-state index is 12.0. The first-order chi connectivity index (χ1) is 13.1. The molecule has 0 unspecified atom stereocenters. The summed E-state index contributed by atoms with van der Waals surface area (Å²) in [5, 5.41) is 9.86. The molecule has 3 atom stereocenters. The van der Waals surface area contributed by atoms with Gasteiger partial charge < -0.3 is 20.1 Å². The van der Waals surface area contributed by atoms with E-state index in [1.165, 1.54) is 0 Å². The lowest BCUT2D eigenvalue weighted by atomic mass is 10.0. The first-order valence-corrected chi connectivity index (χ1v) is 8.76. The van der Waals surface area contributed by atoms with Crippen molar-refractivity contribution in [3.05, 3.63) is 64.7 Å². The summed E-state index contributed by atoms with van der Waals surface area (Å²) < 4.78 is 7.87. The van der Waals surface area contributed by atoms with E-state index >= 15 is 0 Å². The van der Waals surface area contributed by atoms with Gasteiger partial charge in [-0.2, -0.15) is 4.98 Å². The van der Waals surface area contributed by atoms with Crippen LogP contribution in [-0.2, 0) is 11.3 Å². The van der Waals surface area contributed by atoms with E-state index in [-0.39, 0.29) is 41.7 Å². The topological polar surface area (TPSA) is 119 Å². The third-order valence-electron chi connectivity index (χ3n) is 5.10. The standard InChI is InChI=1S/C19H21N5O3/c1-11-13(8-25)15(27-9-12-5-3-2-4-6-12)7-14(11)24-10-21-16-17(24)22-19(20)23-18(16)26/h2-6,10,13-15,25H,1,7-9H2,(H3,20,22,23,26)/t13-,14-,15-/m0/s1. The number of benzene rings is 1. The van der Waals surface area contributed by atoms with Gasteiger partial charge in [0.15, 0.2) is 11.2 Å². The smallest absolute Gasteiger partial charge is 0.280 e. The number of fused-ring (bicyclic) bond motifs is 1. The van der Waals surface area contributed by atoms with Crippen molar-refractivity contribution < 1.29 is 9.84 Å². The van der Waals surface area contributed by atoms with E-state index in [0.29, 0.717) is 18.7 Å². The molecule has 8 heteroatoms. The van der Waals surface area contributed by atoms with Crippen molar-refractivity contribution in [2.75, 3.05) is 12.3 Å². The Kier molecular flexibility index (Phi) is 4.51. The summed E-state index contributed by atoms with van der Waals surface area (Å²) in [5.74, 6) is -0.163. The van der Waals surface area contributed by atoms with E-state index in [0.717, 1.165) is 11.1 Å². The van der Waals surface area contributed by atoms with Gasteiger partial charge in [0.05, 0.1) is 31.7 Å². The van der Waals surface area contributed by atoms with Crippen LogP contribution in [0.25, 0.3) is 11.2 Å². The lowest BCUT2D eigenvalue weighted by Gasteiger charge is -2.18. The number of hydrogen-bond donors (Lipinski definition) is 3. The van der Waals surface area contributed by atoms with Gasteiger partial charge in [0.2, 0.25) is 5.95 Å². The molecule has 1 aromatic carbocycles. The second kappa shape index (κ2) is 6.98. The molecule has 0 amide bonds. The second-order valence-electron chi connectivity index (χ2n) is 6.73. The molecule has 1 saturated carbocycles. The van der Waals surface area contributed by atoms with Crippen molar-refractivity contribution in [3.8, 4) is 0 Å². The minimum atomic E-state index is -0.379. The number of H-pyrrole nitrogens is 1. The summed E-state index contributed by atoms with van der Waals surface area (Å²) in [6.07, 6.45) is 1.98. The number of imidazole rings is 1. The number of aromatic amines is 1. The van der Waals surface area contributed by atoms with Crippen LogP contribution in [0.2, 0.25) is 0 Å². The first-order valence-electron chi connectivity index (χ1n) is 8.76. The molecule has 0 spiro atoms. The summed E-state index contributed by atoms with van der Waals surface area (Å²) in [6.45, 7) is 4.57. The molecule has 2 heterocycles. The zero-order valence-corrected chi connectivity index (χ0v) is 14.7. The van der Waals surface area contributed by atoms with Gasteiger partial charge in [-0.15, -0.1) is 0 Å². The van der Waals surface area contributed by atoms with E-state index in [9.17, 15) is 9.90 Å². The first kappa shape index (κ1) is 17.4. The SMILES string of the molecule is C=C1[C@H](CO)[C@@H](OCc2ccccc2)C[C@@H]1n1cnc2c(=O)[nH]c(N)nc21. The Labute approximate surface area is 155 Å². The monoisotopic (exact) mass is 367 g/mol. The third kappa shape index (κ3) is 3.13. The highest BCUT2D eigenvalue weighted by Crippen LogP contribution is 2.41. The minimum absolute atomic E-state index is 0.0356. The average molecular weight is 367 g/mol. The number of nitrogens with two attached hydrogens (primary N) is 1. The van der Waals surface area contributed by atoms with Crippen molar-refractivity contribution in [1.29, 1.82) is 0 Å². The lowest BCUT2D eigenvalue weighted by Crippen LogP contribution is -2.21. The molecular formula is C19H21N5O3. The maximum Gasteiger partial charge on any atom is 0.280 e. The molecule has 0 radical (unpaired) electrons. The number of nitrogens with one attached hydrogen (secondary N) is 1. The molecule has 0 saturated heterocycles. The van der Waals surface area contributed by atoms with Crippen LogP contribution in [0.1, 0.15) is 18.0 Å². The summed E-state index contributed by atoms with van der Waals surface area (Å²) in [4.78, 5) is 22.8. The van der Waals surface area contributed by atoms with Crippen molar-refractivity contribution in [1.82, 2.24) is 19.5 Å². The number of nitrogens with zero attached hydrogens (tertiary/aromatic N) is 3. The number of nitrogen functional groups attached to an aromatic ring is 1. The number of ether oxygens (including phenoxy) is 1. The van der Waals surface area contributed by atoms with E-state index in [1.54, 1.807) is 10.9 Å². The highest BCUT2D eigenvalue weighted by Gasteiger charge is 2.39. The van der Waals surface area contributed by atoms with Crippen molar-refractivity contribution >= 4 is 17.1 Å². The normalized spacial score (nSPS) is 22.6. The third-order valence-corrected chi connectivity index (χ3v) is 5.10. The Balaban J connectivity index is 1.61. The number of anilines is 1. The highest BCUT2D eigenvalue weighted by molar-refractivity contribution is 5.71. The van der Waals surface area contributed by atoms with E-state index in [2.05, 4.69) is 21.5 Å². The summed E-state index contributed by atoms with van der Waals surface area (Å²) in [7, 11) is 0. The fraction of sp³-hybridized carbons (Fsp3) is 0.316. The molecule has 27 heavy (non-hydrogen) atoms. The molecule has 1 aliphatic carbocycles. The maximum atomic E-state index is 12.0. The Morgan fingerprint density at radius 1 is 1.37 bits per heavy atom. The van der Waals surface area contributed by atoms with E-state index < -0.39 is 0 Å². The molecule has 4 rings (SSSR count). The van der Waals surface area contributed by atoms with Crippen LogP contribution in [0.15, 0.2) is 53.6 Å². The zero-order chi connectivity index (χ0) is 19.0. The minimum Gasteiger partial charge on any atom is -0.396 e. The van der Waals surface area contributed by atoms with Gasteiger partial charge in [-0.1, -0.05) is 36.9 Å². The Morgan fingerprint density at radius 2 is 2.15 bits per heavy atom. The average Bonchev–Trinajstić information content (AvgIpc) is 3.21. The predicted molar refractivity (Wildman–Crippen MR) is 101 cm³/mol. The Bertz CT molecular complexity index is 1030. The molecular weight excluding hydrogens is 346 g/mol. The van der Waals surface area contributed by atoms with Gasteiger partial charge in [0.1, 0.15) is 0 Å². The van der Waals surface area contributed by atoms with Gasteiger partial charge >= 0.3 is 0 Å². The molecule has 3 aromatic rings. The zero-order valence-electron chi connectivity index (χ0n) is 14.7. The van der Waals surface area contributed by atoms with Gasteiger partial charge in [-0.3, -0.25) is 9.78 Å². The fourth-order valence-electron chi connectivity index (χ4n) is 3.68. The summed E-state index contributed by atoms with van der Waals surface area (Å²) >= 11 is 0. The van der Waals surface area contributed by atoms with Gasteiger partial charge in [0.25, 0.3) is 5.56 Å². The largest absolute Gasteiger partial charge is 0.396 e. The van der Waals surface area contributed by atoms with Crippen LogP contribution in [0, 0.1) is 5.92 Å².